The summed E-state index contributed by atoms with van der Waals surface area (Å²) in [5.41, 5.74) is 3.92. The molecular formula is C25H23N3O3. The van der Waals surface area contributed by atoms with Crippen molar-refractivity contribution in [2.75, 3.05) is 13.1 Å². The van der Waals surface area contributed by atoms with Crippen LogP contribution in [0.15, 0.2) is 71.4 Å². The van der Waals surface area contributed by atoms with Crippen molar-refractivity contribution in [2.24, 2.45) is 5.92 Å². The molecule has 2 atom stereocenters. The van der Waals surface area contributed by atoms with Crippen LogP contribution in [0.4, 0.5) is 0 Å². The second-order valence-electron chi connectivity index (χ2n) is 8.06. The maximum absolute atomic E-state index is 13.4. The fraction of sp³-hybridized carbons (Fsp3) is 0.240. The number of pyridine rings is 1. The summed E-state index contributed by atoms with van der Waals surface area (Å²) in [5, 5.41) is 16.0. The van der Waals surface area contributed by atoms with Crippen molar-refractivity contribution in [3.8, 4) is 11.3 Å². The molecule has 1 aliphatic rings. The monoisotopic (exact) mass is 413 g/mol. The third-order valence-corrected chi connectivity index (χ3v) is 6.04. The van der Waals surface area contributed by atoms with E-state index in [-0.39, 0.29) is 11.8 Å². The minimum Gasteiger partial charge on any atom is -0.391 e. The lowest BCUT2D eigenvalue weighted by Crippen LogP contribution is -2.30. The number of fused-ring (bicyclic) bond motifs is 1. The molecule has 4 aromatic rings. The van der Waals surface area contributed by atoms with E-state index in [2.05, 4.69) is 16.2 Å². The summed E-state index contributed by atoms with van der Waals surface area (Å²) < 4.78 is 5.36. The Balaban J connectivity index is 1.39. The van der Waals surface area contributed by atoms with Gasteiger partial charge in [0, 0.05) is 36.2 Å². The fourth-order valence-corrected chi connectivity index (χ4v) is 4.41. The van der Waals surface area contributed by atoms with Crippen molar-refractivity contribution in [1.82, 2.24) is 15.0 Å². The Hall–Kier alpha value is -3.51. The number of carbonyl (C=O) groups is 1. The molecule has 5 rings (SSSR count). The Morgan fingerprint density at radius 3 is 2.71 bits per heavy atom. The van der Waals surface area contributed by atoms with Crippen LogP contribution in [0.2, 0.25) is 0 Å². The van der Waals surface area contributed by atoms with Gasteiger partial charge in [-0.05, 0) is 31.0 Å². The van der Waals surface area contributed by atoms with Crippen LogP contribution in [-0.2, 0) is 6.42 Å². The lowest BCUT2D eigenvalue weighted by atomic mass is 9.94. The highest BCUT2D eigenvalue weighted by atomic mass is 16.5. The van der Waals surface area contributed by atoms with E-state index < -0.39 is 6.10 Å². The first kappa shape index (κ1) is 19.5. The van der Waals surface area contributed by atoms with Crippen molar-refractivity contribution in [3.05, 3.63) is 83.7 Å². The van der Waals surface area contributed by atoms with Gasteiger partial charge in [-0.15, -0.1) is 0 Å². The highest BCUT2D eigenvalue weighted by Gasteiger charge is 2.37. The number of β-amino-alcohol motifs (C(OH)–C–C–N with tert-alkyl or cyclic N) is 1. The average Bonchev–Trinajstić information content (AvgIpc) is 3.37. The van der Waals surface area contributed by atoms with E-state index in [0.717, 1.165) is 22.0 Å². The van der Waals surface area contributed by atoms with Gasteiger partial charge >= 0.3 is 0 Å². The topological polar surface area (TPSA) is 79.5 Å². The number of aliphatic hydroxyl groups excluding tert-OH is 1. The SMILES string of the molecule is Cc1onc(-c2ccccc2)c1C(=O)N1C[C@@H](Cc2ccnc3ccccc23)[C@H](O)C1. The zero-order valence-corrected chi connectivity index (χ0v) is 17.2. The van der Waals surface area contributed by atoms with Gasteiger partial charge in [-0.3, -0.25) is 9.78 Å². The van der Waals surface area contributed by atoms with Gasteiger partial charge in [-0.1, -0.05) is 53.7 Å². The van der Waals surface area contributed by atoms with E-state index in [9.17, 15) is 9.90 Å². The zero-order valence-electron chi connectivity index (χ0n) is 17.2. The molecule has 0 aliphatic carbocycles. The van der Waals surface area contributed by atoms with Crippen LogP contribution < -0.4 is 0 Å². The summed E-state index contributed by atoms with van der Waals surface area (Å²) in [4.78, 5) is 19.5. The molecule has 3 heterocycles. The lowest BCUT2D eigenvalue weighted by molar-refractivity contribution is 0.0763. The number of hydrogen-bond acceptors (Lipinski definition) is 5. The number of aromatic nitrogens is 2. The number of aliphatic hydroxyl groups is 1. The van der Waals surface area contributed by atoms with E-state index in [1.807, 2.05) is 54.6 Å². The molecular weight excluding hydrogens is 390 g/mol. The largest absolute Gasteiger partial charge is 0.391 e. The minimum atomic E-state index is -0.587. The number of carbonyl (C=O) groups excluding carboxylic acids is 1. The third kappa shape index (κ3) is 3.59. The Bertz CT molecular complexity index is 1230. The molecule has 1 aliphatic heterocycles. The molecule has 1 amide bonds. The molecule has 6 heteroatoms. The van der Waals surface area contributed by atoms with Crippen molar-refractivity contribution < 1.29 is 14.4 Å². The molecule has 1 fully saturated rings. The Kier molecular flexibility index (Phi) is 5.00. The van der Waals surface area contributed by atoms with Crippen LogP contribution in [0.3, 0.4) is 0 Å². The minimum absolute atomic E-state index is 0.0462. The molecule has 0 unspecified atom stereocenters. The standard InChI is InChI=1S/C25H23N3O3/c1-16-23(24(27-31-16)17-7-3-2-4-8-17)25(30)28-14-19(22(29)15-28)13-18-11-12-26-21-10-6-5-9-20(18)21/h2-12,19,22,29H,13-15H2,1H3/t19-,22-/m1/s1. The van der Waals surface area contributed by atoms with Crippen molar-refractivity contribution in [2.45, 2.75) is 19.4 Å². The second kappa shape index (κ2) is 7.96. The molecule has 31 heavy (non-hydrogen) atoms. The van der Waals surface area contributed by atoms with E-state index in [4.69, 9.17) is 4.52 Å². The number of likely N-dealkylation sites (tertiary alicyclic amines) is 1. The molecule has 0 radical (unpaired) electrons. The summed E-state index contributed by atoms with van der Waals surface area (Å²) >= 11 is 0. The van der Waals surface area contributed by atoms with Crippen molar-refractivity contribution in [3.63, 3.8) is 0 Å². The summed E-state index contributed by atoms with van der Waals surface area (Å²) in [6.07, 6.45) is 1.90. The Morgan fingerprint density at radius 1 is 1.10 bits per heavy atom. The molecule has 2 aromatic carbocycles. The highest BCUT2D eigenvalue weighted by Crippen LogP contribution is 2.30. The van der Waals surface area contributed by atoms with Crippen LogP contribution in [0.25, 0.3) is 22.2 Å². The number of nitrogens with zero attached hydrogens (tertiary/aromatic N) is 3. The molecule has 156 valence electrons. The number of hydrogen-bond donors (Lipinski definition) is 1. The predicted molar refractivity (Wildman–Crippen MR) is 118 cm³/mol. The summed E-state index contributed by atoms with van der Waals surface area (Å²) in [6.45, 7) is 2.53. The van der Waals surface area contributed by atoms with Crippen LogP contribution in [0, 0.1) is 12.8 Å². The van der Waals surface area contributed by atoms with Gasteiger partial charge in [-0.2, -0.15) is 0 Å². The first-order valence-electron chi connectivity index (χ1n) is 10.4. The maximum atomic E-state index is 13.4. The Labute approximate surface area is 180 Å². The smallest absolute Gasteiger partial charge is 0.259 e. The normalized spacial score (nSPS) is 18.6. The van der Waals surface area contributed by atoms with E-state index in [1.165, 1.54) is 0 Å². The van der Waals surface area contributed by atoms with Crippen LogP contribution in [-0.4, -0.2) is 45.2 Å². The van der Waals surface area contributed by atoms with Gasteiger partial charge in [0.15, 0.2) is 0 Å². The van der Waals surface area contributed by atoms with Gasteiger partial charge < -0.3 is 14.5 Å². The molecule has 2 aromatic heterocycles. The van der Waals surface area contributed by atoms with Gasteiger partial charge in [0.2, 0.25) is 0 Å². The van der Waals surface area contributed by atoms with Crippen molar-refractivity contribution >= 4 is 16.8 Å². The zero-order chi connectivity index (χ0) is 21.4. The van der Waals surface area contributed by atoms with Gasteiger partial charge in [-0.25, -0.2) is 0 Å². The fourth-order valence-electron chi connectivity index (χ4n) is 4.41. The number of rotatable bonds is 4. The number of amides is 1. The van der Waals surface area contributed by atoms with Crippen molar-refractivity contribution in [1.29, 1.82) is 0 Å². The van der Waals surface area contributed by atoms with Gasteiger partial charge in [0.1, 0.15) is 17.0 Å². The molecule has 1 saturated heterocycles. The molecule has 0 bridgehead atoms. The predicted octanol–water partition coefficient (Wildman–Crippen LogP) is 3.87. The summed E-state index contributed by atoms with van der Waals surface area (Å²) in [7, 11) is 0. The van der Waals surface area contributed by atoms with E-state index in [1.54, 1.807) is 18.0 Å². The van der Waals surface area contributed by atoms with E-state index in [0.29, 0.717) is 36.5 Å². The molecule has 0 saturated carbocycles. The summed E-state index contributed by atoms with van der Waals surface area (Å²) in [6, 6.07) is 19.5. The summed E-state index contributed by atoms with van der Waals surface area (Å²) in [5.74, 6) is 0.288. The first-order chi connectivity index (χ1) is 15.1. The quantitative estimate of drug-likeness (QED) is 0.549. The van der Waals surface area contributed by atoms with Crippen LogP contribution in [0.1, 0.15) is 21.7 Å². The first-order valence-corrected chi connectivity index (χ1v) is 10.4. The molecule has 1 N–H and O–H groups in total. The number of para-hydroxylation sites is 1. The molecule has 6 nitrogen and oxygen atoms in total. The van der Waals surface area contributed by atoms with Crippen LogP contribution in [0.5, 0.6) is 0 Å². The third-order valence-electron chi connectivity index (χ3n) is 6.04. The Morgan fingerprint density at radius 2 is 1.87 bits per heavy atom. The van der Waals surface area contributed by atoms with E-state index >= 15 is 0 Å². The lowest BCUT2D eigenvalue weighted by Gasteiger charge is -2.17. The van der Waals surface area contributed by atoms with Gasteiger partial charge in [0.05, 0.1) is 11.6 Å². The highest BCUT2D eigenvalue weighted by molar-refractivity contribution is 6.01. The maximum Gasteiger partial charge on any atom is 0.259 e. The number of aryl methyl sites for hydroxylation is 1. The second-order valence-corrected chi connectivity index (χ2v) is 8.06. The average molecular weight is 413 g/mol. The molecule has 0 spiro atoms. The van der Waals surface area contributed by atoms with Gasteiger partial charge in [0.25, 0.3) is 5.91 Å². The van der Waals surface area contributed by atoms with Crippen LogP contribution >= 0.6 is 0 Å². The number of benzene rings is 2.